The van der Waals surface area contributed by atoms with Crippen molar-refractivity contribution in [3.8, 4) is 0 Å². The van der Waals surface area contributed by atoms with E-state index >= 15 is 0 Å². The zero-order chi connectivity index (χ0) is 16.2. The van der Waals surface area contributed by atoms with Gasteiger partial charge in [0.25, 0.3) is 0 Å². The Bertz CT molecular complexity index is 304. The van der Waals surface area contributed by atoms with E-state index in [2.05, 4.69) is 29.8 Å². The number of carbonyl (C=O) groups excluding carboxylic acids is 2. The summed E-state index contributed by atoms with van der Waals surface area (Å²) in [4.78, 5) is 26.2. The Kier molecular flexibility index (Phi) is 9.62. The molecule has 1 aliphatic rings. The lowest BCUT2D eigenvalue weighted by Gasteiger charge is -2.35. The third kappa shape index (κ3) is 6.64. The van der Waals surface area contributed by atoms with Crippen molar-refractivity contribution >= 4 is 11.9 Å². The number of nitrogens with zero attached hydrogens (tertiary/aromatic N) is 1. The first-order chi connectivity index (χ1) is 10.7. The van der Waals surface area contributed by atoms with E-state index in [1.54, 1.807) is 4.90 Å². The highest BCUT2D eigenvalue weighted by Gasteiger charge is 2.31. The molecule has 22 heavy (non-hydrogen) atoms. The summed E-state index contributed by atoms with van der Waals surface area (Å²) in [5.41, 5.74) is 0. The van der Waals surface area contributed by atoms with Gasteiger partial charge in [-0.1, -0.05) is 39.5 Å². The lowest BCUT2D eigenvalue weighted by Crippen LogP contribution is -2.61. The molecule has 3 amide bonds. The van der Waals surface area contributed by atoms with Crippen molar-refractivity contribution in [2.24, 2.45) is 0 Å². The Morgan fingerprint density at radius 3 is 2.32 bits per heavy atom. The van der Waals surface area contributed by atoms with Crippen LogP contribution >= 0.6 is 0 Å². The molecule has 1 fully saturated rings. The normalized spacial score (nSPS) is 18.1. The molecule has 1 unspecified atom stereocenters. The van der Waals surface area contributed by atoms with Gasteiger partial charge in [-0.25, -0.2) is 4.79 Å². The maximum absolute atomic E-state index is 12.3. The van der Waals surface area contributed by atoms with Crippen molar-refractivity contribution in [2.75, 3.05) is 32.7 Å². The Balaban J connectivity index is 2.40. The van der Waals surface area contributed by atoms with Crippen LogP contribution in [0.25, 0.3) is 0 Å². The van der Waals surface area contributed by atoms with Crippen LogP contribution < -0.4 is 16.0 Å². The molecule has 1 saturated heterocycles. The topological polar surface area (TPSA) is 73.5 Å². The van der Waals surface area contributed by atoms with E-state index in [-0.39, 0.29) is 11.9 Å². The summed E-state index contributed by atoms with van der Waals surface area (Å²) in [6.45, 7) is 7.49. The van der Waals surface area contributed by atoms with Crippen molar-refractivity contribution < 1.29 is 9.59 Å². The molecule has 0 bridgehead atoms. The quantitative estimate of drug-likeness (QED) is 0.564. The summed E-state index contributed by atoms with van der Waals surface area (Å²) in [6.07, 6.45) is 6.47. The maximum Gasteiger partial charge on any atom is 0.318 e. The number of hydrogen-bond donors (Lipinski definition) is 3. The van der Waals surface area contributed by atoms with Gasteiger partial charge in [-0.2, -0.15) is 0 Å². The number of rotatable bonds is 9. The first kappa shape index (κ1) is 18.7. The third-order valence-electron chi connectivity index (χ3n) is 3.94. The van der Waals surface area contributed by atoms with Crippen LogP contribution in [-0.4, -0.2) is 55.6 Å². The Hall–Kier alpha value is -1.30. The highest BCUT2D eigenvalue weighted by atomic mass is 16.2. The van der Waals surface area contributed by atoms with E-state index in [4.69, 9.17) is 0 Å². The molecule has 1 aliphatic heterocycles. The number of unbranched alkanes of at least 4 members (excludes halogenated alkanes) is 4. The Labute approximate surface area is 134 Å². The van der Waals surface area contributed by atoms with E-state index in [9.17, 15) is 9.59 Å². The van der Waals surface area contributed by atoms with Crippen LogP contribution in [0.5, 0.6) is 0 Å². The molecular weight excluding hydrogens is 280 g/mol. The average Bonchev–Trinajstić information content (AvgIpc) is 2.55. The second-order valence-corrected chi connectivity index (χ2v) is 5.85. The minimum absolute atomic E-state index is 0.0491. The molecular formula is C16H32N4O2. The number of amides is 3. The summed E-state index contributed by atoms with van der Waals surface area (Å²) >= 11 is 0. The standard InChI is InChI=1S/C16H32N4O2/c1-3-5-7-9-18-15(21)14-13-17-11-12-20(14)16(22)19-10-8-6-4-2/h14,17H,3-13H2,1-2H3,(H,18,21)(H,19,22). The minimum Gasteiger partial charge on any atom is -0.354 e. The van der Waals surface area contributed by atoms with E-state index in [1.807, 2.05) is 0 Å². The summed E-state index contributed by atoms with van der Waals surface area (Å²) < 4.78 is 0. The Morgan fingerprint density at radius 1 is 1.05 bits per heavy atom. The SMILES string of the molecule is CCCCCNC(=O)C1CNCCN1C(=O)NCCCCC. The van der Waals surface area contributed by atoms with Crippen LogP contribution in [0.2, 0.25) is 0 Å². The van der Waals surface area contributed by atoms with Crippen LogP contribution in [0.3, 0.4) is 0 Å². The van der Waals surface area contributed by atoms with Crippen LogP contribution in [0, 0.1) is 0 Å². The van der Waals surface area contributed by atoms with Gasteiger partial charge in [-0.05, 0) is 12.8 Å². The van der Waals surface area contributed by atoms with Gasteiger partial charge in [0.05, 0.1) is 0 Å². The van der Waals surface area contributed by atoms with E-state index in [1.165, 1.54) is 0 Å². The maximum atomic E-state index is 12.3. The average molecular weight is 312 g/mol. The molecule has 0 aromatic carbocycles. The van der Waals surface area contributed by atoms with Crippen molar-refractivity contribution in [3.63, 3.8) is 0 Å². The number of urea groups is 1. The van der Waals surface area contributed by atoms with Crippen LogP contribution in [0.1, 0.15) is 52.4 Å². The van der Waals surface area contributed by atoms with Crippen LogP contribution in [-0.2, 0) is 4.79 Å². The first-order valence-electron chi connectivity index (χ1n) is 8.73. The lowest BCUT2D eigenvalue weighted by atomic mass is 10.1. The van der Waals surface area contributed by atoms with Gasteiger partial charge >= 0.3 is 6.03 Å². The number of nitrogens with one attached hydrogen (secondary N) is 3. The second kappa shape index (κ2) is 11.3. The first-order valence-corrected chi connectivity index (χ1v) is 8.73. The molecule has 0 saturated carbocycles. The number of hydrogen-bond acceptors (Lipinski definition) is 3. The molecule has 0 spiro atoms. The molecule has 6 heteroatoms. The molecule has 1 heterocycles. The van der Waals surface area contributed by atoms with Crippen LogP contribution in [0.15, 0.2) is 0 Å². The lowest BCUT2D eigenvalue weighted by molar-refractivity contribution is -0.125. The number of piperazine rings is 1. The third-order valence-corrected chi connectivity index (χ3v) is 3.94. The fraction of sp³-hybridized carbons (Fsp3) is 0.875. The zero-order valence-corrected chi connectivity index (χ0v) is 14.1. The number of carbonyl (C=O) groups is 2. The fourth-order valence-electron chi connectivity index (χ4n) is 2.56. The van der Waals surface area contributed by atoms with Crippen molar-refractivity contribution in [2.45, 2.75) is 58.4 Å². The molecule has 3 N–H and O–H groups in total. The summed E-state index contributed by atoms with van der Waals surface area (Å²) in [5.74, 6) is -0.0491. The summed E-state index contributed by atoms with van der Waals surface area (Å²) in [5, 5.41) is 9.07. The van der Waals surface area contributed by atoms with Crippen LogP contribution in [0.4, 0.5) is 4.79 Å². The molecule has 0 aliphatic carbocycles. The molecule has 0 aromatic heterocycles. The van der Waals surface area contributed by atoms with Crippen molar-refractivity contribution in [1.29, 1.82) is 0 Å². The van der Waals surface area contributed by atoms with Crippen molar-refractivity contribution in [1.82, 2.24) is 20.9 Å². The highest BCUT2D eigenvalue weighted by Crippen LogP contribution is 2.05. The van der Waals surface area contributed by atoms with E-state index < -0.39 is 6.04 Å². The Morgan fingerprint density at radius 2 is 1.68 bits per heavy atom. The summed E-state index contributed by atoms with van der Waals surface area (Å²) in [6, 6.07) is -0.520. The van der Waals surface area contributed by atoms with Gasteiger partial charge in [0.1, 0.15) is 6.04 Å². The largest absolute Gasteiger partial charge is 0.354 e. The van der Waals surface area contributed by atoms with Gasteiger partial charge in [0.2, 0.25) is 5.91 Å². The second-order valence-electron chi connectivity index (χ2n) is 5.85. The van der Waals surface area contributed by atoms with Gasteiger partial charge in [-0.15, -0.1) is 0 Å². The smallest absolute Gasteiger partial charge is 0.318 e. The van der Waals surface area contributed by atoms with E-state index in [0.717, 1.165) is 45.1 Å². The predicted molar refractivity (Wildman–Crippen MR) is 88.8 cm³/mol. The molecule has 6 nitrogen and oxygen atoms in total. The fourth-order valence-corrected chi connectivity index (χ4v) is 2.56. The van der Waals surface area contributed by atoms with Gasteiger partial charge in [0, 0.05) is 32.7 Å². The minimum atomic E-state index is -0.401. The molecule has 0 aromatic rings. The highest BCUT2D eigenvalue weighted by molar-refractivity contribution is 5.87. The van der Waals surface area contributed by atoms with Gasteiger partial charge in [-0.3, -0.25) is 4.79 Å². The summed E-state index contributed by atoms with van der Waals surface area (Å²) in [7, 11) is 0. The molecule has 0 radical (unpaired) electrons. The van der Waals surface area contributed by atoms with Crippen molar-refractivity contribution in [3.05, 3.63) is 0 Å². The van der Waals surface area contributed by atoms with E-state index in [0.29, 0.717) is 26.2 Å². The zero-order valence-electron chi connectivity index (χ0n) is 14.1. The predicted octanol–water partition coefficient (Wildman–Crippen LogP) is 1.47. The molecule has 1 atom stereocenters. The molecule has 128 valence electrons. The van der Waals surface area contributed by atoms with Gasteiger partial charge in [0.15, 0.2) is 0 Å². The van der Waals surface area contributed by atoms with Gasteiger partial charge < -0.3 is 20.9 Å². The monoisotopic (exact) mass is 312 g/mol. The molecule has 1 rings (SSSR count).